The number of hydrogen-bond acceptors (Lipinski definition) is 4. The van der Waals surface area contributed by atoms with E-state index in [0.29, 0.717) is 45.0 Å². The van der Waals surface area contributed by atoms with E-state index < -0.39 is 0 Å². The summed E-state index contributed by atoms with van der Waals surface area (Å²) in [6.45, 7) is 6.68. The van der Waals surface area contributed by atoms with E-state index in [2.05, 4.69) is 11.9 Å². The van der Waals surface area contributed by atoms with E-state index in [0.717, 1.165) is 0 Å². The van der Waals surface area contributed by atoms with Gasteiger partial charge in [0.15, 0.2) is 5.76 Å². The molecular weight excluding hydrogens is 258 g/mol. The van der Waals surface area contributed by atoms with E-state index in [1.807, 2.05) is 0 Å². The molecule has 0 bridgehead atoms. The maximum absolute atomic E-state index is 12.1. The highest BCUT2D eigenvalue weighted by molar-refractivity contribution is 5.91. The molecule has 2 amide bonds. The summed E-state index contributed by atoms with van der Waals surface area (Å²) in [5.74, 6) is 0.279. The minimum absolute atomic E-state index is 0.0527. The Morgan fingerprint density at radius 2 is 2.00 bits per heavy atom. The molecule has 0 saturated carbocycles. The summed E-state index contributed by atoms with van der Waals surface area (Å²) >= 11 is 0. The van der Waals surface area contributed by atoms with Crippen molar-refractivity contribution >= 4 is 11.8 Å². The summed E-state index contributed by atoms with van der Waals surface area (Å²) in [6.07, 6.45) is 3.20. The number of carbonyl (C=O) groups excluding carboxylic acids is 2. The first-order valence-electron chi connectivity index (χ1n) is 6.64. The van der Waals surface area contributed by atoms with E-state index in [-0.39, 0.29) is 11.8 Å². The van der Waals surface area contributed by atoms with Gasteiger partial charge in [-0.15, -0.1) is 6.58 Å². The highest BCUT2D eigenvalue weighted by Crippen LogP contribution is 2.09. The number of nitrogens with zero attached hydrogens (tertiary/aromatic N) is 2. The molecule has 20 heavy (non-hydrogen) atoms. The van der Waals surface area contributed by atoms with Crippen LogP contribution in [0.5, 0.6) is 0 Å². The SMILES string of the molecule is C=CCNCC(=O)N1CCN(C(=O)c2ccco2)CC1. The minimum Gasteiger partial charge on any atom is -0.459 e. The second kappa shape index (κ2) is 6.91. The van der Waals surface area contributed by atoms with Crippen LogP contribution in [0, 0.1) is 0 Å². The largest absolute Gasteiger partial charge is 0.459 e. The maximum atomic E-state index is 12.1. The highest BCUT2D eigenvalue weighted by Gasteiger charge is 2.25. The molecular formula is C14H19N3O3. The molecule has 1 aliphatic rings. The first-order valence-corrected chi connectivity index (χ1v) is 6.64. The van der Waals surface area contributed by atoms with E-state index in [4.69, 9.17) is 4.42 Å². The molecule has 0 aromatic carbocycles. The van der Waals surface area contributed by atoms with Gasteiger partial charge in [-0.2, -0.15) is 0 Å². The molecule has 2 rings (SSSR count). The average Bonchev–Trinajstić information content (AvgIpc) is 3.01. The van der Waals surface area contributed by atoms with E-state index in [1.54, 1.807) is 28.0 Å². The van der Waals surface area contributed by atoms with Crippen molar-refractivity contribution in [2.75, 3.05) is 39.3 Å². The summed E-state index contributed by atoms with van der Waals surface area (Å²) in [5.41, 5.74) is 0. The molecule has 6 heteroatoms. The Kier molecular flexibility index (Phi) is 4.95. The number of piperazine rings is 1. The minimum atomic E-state index is -0.119. The summed E-state index contributed by atoms with van der Waals surface area (Å²) in [7, 11) is 0. The third-order valence-corrected chi connectivity index (χ3v) is 3.22. The van der Waals surface area contributed by atoms with Crippen molar-refractivity contribution in [1.29, 1.82) is 0 Å². The van der Waals surface area contributed by atoms with Crippen molar-refractivity contribution in [3.8, 4) is 0 Å². The number of furan rings is 1. The van der Waals surface area contributed by atoms with Crippen LogP contribution in [0.4, 0.5) is 0 Å². The van der Waals surface area contributed by atoms with Gasteiger partial charge in [-0.05, 0) is 12.1 Å². The predicted molar refractivity (Wildman–Crippen MR) is 74.3 cm³/mol. The van der Waals surface area contributed by atoms with Crippen LogP contribution in [0.15, 0.2) is 35.5 Å². The van der Waals surface area contributed by atoms with Gasteiger partial charge in [0.25, 0.3) is 5.91 Å². The zero-order valence-corrected chi connectivity index (χ0v) is 11.4. The lowest BCUT2D eigenvalue weighted by Gasteiger charge is -2.34. The number of amides is 2. The lowest BCUT2D eigenvalue weighted by molar-refractivity contribution is -0.131. The molecule has 0 spiro atoms. The third-order valence-electron chi connectivity index (χ3n) is 3.22. The van der Waals surface area contributed by atoms with E-state index in [1.165, 1.54) is 6.26 Å². The first-order chi connectivity index (χ1) is 9.72. The number of carbonyl (C=O) groups is 2. The standard InChI is InChI=1S/C14H19N3O3/c1-2-5-15-11-13(18)16-6-8-17(9-7-16)14(19)12-4-3-10-20-12/h2-4,10,15H,1,5-9,11H2. The molecule has 108 valence electrons. The summed E-state index contributed by atoms with van der Waals surface area (Å²) in [6, 6.07) is 3.34. The van der Waals surface area contributed by atoms with Crippen LogP contribution < -0.4 is 5.32 Å². The van der Waals surface area contributed by atoms with Crippen molar-refractivity contribution in [1.82, 2.24) is 15.1 Å². The van der Waals surface area contributed by atoms with Gasteiger partial charge < -0.3 is 19.5 Å². The average molecular weight is 277 g/mol. The third kappa shape index (κ3) is 3.48. The fourth-order valence-electron chi connectivity index (χ4n) is 2.11. The molecule has 1 saturated heterocycles. The zero-order valence-electron chi connectivity index (χ0n) is 11.4. The Bertz CT molecular complexity index is 462. The van der Waals surface area contributed by atoms with Gasteiger partial charge in [0.2, 0.25) is 5.91 Å². The molecule has 6 nitrogen and oxygen atoms in total. The molecule has 0 radical (unpaired) electrons. The van der Waals surface area contributed by atoms with Gasteiger partial charge in [-0.3, -0.25) is 9.59 Å². The second-order valence-corrected chi connectivity index (χ2v) is 4.57. The van der Waals surface area contributed by atoms with Crippen LogP contribution >= 0.6 is 0 Å². The smallest absolute Gasteiger partial charge is 0.289 e. The summed E-state index contributed by atoms with van der Waals surface area (Å²) in [4.78, 5) is 27.4. The number of nitrogens with one attached hydrogen (secondary N) is 1. The van der Waals surface area contributed by atoms with Crippen molar-refractivity contribution in [3.63, 3.8) is 0 Å². The van der Waals surface area contributed by atoms with Gasteiger partial charge in [0.05, 0.1) is 12.8 Å². The van der Waals surface area contributed by atoms with Gasteiger partial charge in [-0.25, -0.2) is 0 Å². The maximum Gasteiger partial charge on any atom is 0.289 e. The molecule has 1 N–H and O–H groups in total. The highest BCUT2D eigenvalue weighted by atomic mass is 16.3. The summed E-state index contributed by atoms with van der Waals surface area (Å²) in [5, 5.41) is 2.98. The Morgan fingerprint density at radius 1 is 1.30 bits per heavy atom. The van der Waals surface area contributed by atoms with Gasteiger partial charge in [0.1, 0.15) is 0 Å². The van der Waals surface area contributed by atoms with Crippen LogP contribution in [0.1, 0.15) is 10.6 Å². The number of rotatable bonds is 5. The lowest BCUT2D eigenvalue weighted by atomic mass is 10.2. The predicted octanol–water partition coefficient (Wildman–Crippen LogP) is 0.340. The van der Waals surface area contributed by atoms with Crippen molar-refractivity contribution in [2.45, 2.75) is 0 Å². The molecule has 1 aromatic heterocycles. The monoisotopic (exact) mass is 277 g/mol. The van der Waals surface area contributed by atoms with E-state index >= 15 is 0 Å². The molecule has 1 aromatic rings. The van der Waals surface area contributed by atoms with Gasteiger partial charge >= 0.3 is 0 Å². The Labute approximate surface area is 118 Å². The molecule has 1 aliphatic heterocycles. The van der Waals surface area contributed by atoms with Crippen LogP contribution in [-0.2, 0) is 4.79 Å². The van der Waals surface area contributed by atoms with Crippen LogP contribution in [-0.4, -0.2) is 60.9 Å². The van der Waals surface area contributed by atoms with Crippen molar-refractivity contribution in [3.05, 3.63) is 36.8 Å². The van der Waals surface area contributed by atoms with Crippen molar-refractivity contribution < 1.29 is 14.0 Å². The fraction of sp³-hybridized carbons (Fsp3) is 0.429. The van der Waals surface area contributed by atoms with Crippen molar-refractivity contribution in [2.24, 2.45) is 0 Å². The lowest BCUT2D eigenvalue weighted by Crippen LogP contribution is -2.52. The van der Waals surface area contributed by atoms with Crippen LogP contribution in [0.3, 0.4) is 0 Å². The van der Waals surface area contributed by atoms with Crippen LogP contribution in [0.25, 0.3) is 0 Å². The Morgan fingerprint density at radius 3 is 2.60 bits per heavy atom. The van der Waals surface area contributed by atoms with Crippen LogP contribution in [0.2, 0.25) is 0 Å². The van der Waals surface area contributed by atoms with E-state index in [9.17, 15) is 9.59 Å². The molecule has 0 aliphatic carbocycles. The first kappa shape index (κ1) is 14.3. The topological polar surface area (TPSA) is 65.8 Å². The quantitative estimate of drug-likeness (QED) is 0.622. The zero-order chi connectivity index (χ0) is 14.4. The number of hydrogen-bond donors (Lipinski definition) is 1. The van der Waals surface area contributed by atoms with Gasteiger partial charge in [-0.1, -0.05) is 6.08 Å². The van der Waals surface area contributed by atoms with Gasteiger partial charge in [0, 0.05) is 32.7 Å². The normalized spacial score (nSPS) is 15.2. The second-order valence-electron chi connectivity index (χ2n) is 4.57. The fourth-order valence-corrected chi connectivity index (χ4v) is 2.11. The molecule has 0 unspecified atom stereocenters. The molecule has 2 heterocycles. The summed E-state index contributed by atoms with van der Waals surface area (Å²) < 4.78 is 5.10. The Balaban J connectivity index is 1.79. The molecule has 1 fully saturated rings. The Hall–Kier alpha value is -2.08. The molecule has 0 atom stereocenters.